The van der Waals surface area contributed by atoms with Crippen molar-refractivity contribution in [3.63, 3.8) is 0 Å². The van der Waals surface area contributed by atoms with Crippen molar-refractivity contribution >= 4 is 28.9 Å². The normalized spacial score (nSPS) is 15.3. The number of rotatable bonds is 5. The van der Waals surface area contributed by atoms with E-state index >= 15 is 0 Å². The molecule has 1 atom stereocenters. The van der Waals surface area contributed by atoms with E-state index in [0.29, 0.717) is 19.4 Å². The Hall–Kier alpha value is -3.00. The summed E-state index contributed by atoms with van der Waals surface area (Å²) in [5.74, 6) is -0.464. The Kier molecular flexibility index (Phi) is 6.59. The minimum absolute atomic E-state index is 0. The lowest BCUT2D eigenvalue weighted by Gasteiger charge is -2.34. The molecular formula is C22H26ClFN6O. The first-order valence-electron chi connectivity index (χ1n) is 9.69. The van der Waals surface area contributed by atoms with Crippen LogP contribution in [0.4, 0.5) is 15.8 Å². The number of aromatic nitrogens is 4. The van der Waals surface area contributed by atoms with Crippen LogP contribution in [-0.2, 0) is 24.2 Å². The van der Waals surface area contributed by atoms with E-state index in [-0.39, 0.29) is 24.4 Å². The minimum Gasteiger partial charge on any atom is -0.361 e. The summed E-state index contributed by atoms with van der Waals surface area (Å²) in [6.45, 7) is 4.24. The number of hydrogen-bond acceptors (Lipinski definition) is 5. The quantitative estimate of drug-likeness (QED) is 0.643. The molecular weight excluding hydrogens is 419 g/mol. The first-order chi connectivity index (χ1) is 14.3. The van der Waals surface area contributed by atoms with Gasteiger partial charge in [-0.1, -0.05) is 30.3 Å². The summed E-state index contributed by atoms with van der Waals surface area (Å²) in [5.41, 5.74) is 5.17. The van der Waals surface area contributed by atoms with E-state index in [2.05, 4.69) is 20.6 Å². The number of carbonyl (C=O) groups is 1. The number of likely N-dealkylation sites (N-methyl/N-ethyl adjacent to an activating group) is 1. The highest BCUT2D eigenvalue weighted by Crippen LogP contribution is 2.33. The number of pyridine rings is 1. The molecule has 4 rings (SSSR count). The SMILES string of the molecule is C.Cc1nc(CCc2cn(Cc3ccc(F)c(Cl)c3)nn2)cc2c1NC(=O)[C@H](C)N2C. The predicted molar refractivity (Wildman–Crippen MR) is 120 cm³/mol. The van der Waals surface area contributed by atoms with Gasteiger partial charge in [0.2, 0.25) is 5.91 Å². The zero-order chi connectivity index (χ0) is 21.4. The van der Waals surface area contributed by atoms with E-state index in [1.165, 1.54) is 6.07 Å². The van der Waals surface area contributed by atoms with Gasteiger partial charge < -0.3 is 10.2 Å². The molecule has 0 bridgehead atoms. The molecule has 0 radical (unpaired) electrons. The molecule has 9 heteroatoms. The number of amides is 1. The highest BCUT2D eigenvalue weighted by molar-refractivity contribution is 6.30. The zero-order valence-electron chi connectivity index (χ0n) is 17.0. The van der Waals surface area contributed by atoms with Crippen molar-refractivity contribution < 1.29 is 9.18 Å². The largest absolute Gasteiger partial charge is 0.361 e. The minimum atomic E-state index is -0.438. The Labute approximate surface area is 186 Å². The van der Waals surface area contributed by atoms with Crippen LogP contribution in [0.5, 0.6) is 0 Å². The van der Waals surface area contributed by atoms with Crippen LogP contribution in [0.25, 0.3) is 0 Å². The molecule has 1 aliphatic heterocycles. The van der Waals surface area contributed by atoms with Gasteiger partial charge in [0.05, 0.1) is 34.3 Å². The monoisotopic (exact) mass is 444 g/mol. The summed E-state index contributed by atoms with van der Waals surface area (Å²) in [5, 5.41) is 11.4. The third-order valence-corrected chi connectivity index (χ3v) is 5.66. The number of halogens is 2. The Morgan fingerprint density at radius 3 is 2.71 bits per heavy atom. The van der Waals surface area contributed by atoms with E-state index in [1.54, 1.807) is 16.8 Å². The fourth-order valence-corrected chi connectivity index (χ4v) is 3.71. The molecule has 1 aromatic carbocycles. The maximum atomic E-state index is 13.3. The van der Waals surface area contributed by atoms with Gasteiger partial charge in [0.25, 0.3) is 0 Å². The average molecular weight is 445 g/mol. The van der Waals surface area contributed by atoms with Crippen LogP contribution in [0.1, 0.15) is 37.0 Å². The van der Waals surface area contributed by atoms with Crippen LogP contribution >= 0.6 is 11.6 Å². The molecule has 31 heavy (non-hydrogen) atoms. The number of benzene rings is 1. The summed E-state index contributed by atoms with van der Waals surface area (Å²) in [7, 11) is 1.92. The Morgan fingerprint density at radius 1 is 1.23 bits per heavy atom. The molecule has 1 N–H and O–H groups in total. The van der Waals surface area contributed by atoms with Gasteiger partial charge in [0.15, 0.2) is 0 Å². The van der Waals surface area contributed by atoms with Crippen LogP contribution in [0.15, 0.2) is 30.5 Å². The van der Waals surface area contributed by atoms with Crippen LogP contribution in [0.2, 0.25) is 5.02 Å². The topological polar surface area (TPSA) is 75.9 Å². The van der Waals surface area contributed by atoms with Gasteiger partial charge >= 0.3 is 0 Å². The van der Waals surface area contributed by atoms with Crippen molar-refractivity contribution in [3.8, 4) is 0 Å². The summed E-state index contributed by atoms with van der Waals surface area (Å²) in [6.07, 6.45) is 3.25. The van der Waals surface area contributed by atoms with E-state index in [4.69, 9.17) is 11.6 Å². The lowest BCUT2D eigenvalue weighted by atomic mass is 10.1. The van der Waals surface area contributed by atoms with Crippen LogP contribution in [0, 0.1) is 12.7 Å². The van der Waals surface area contributed by atoms with E-state index < -0.39 is 5.82 Å². The second-order valence-corrected chi connectivity index (χ2v) is 7.93. The molecule has 3 aromatic rings. The molecule has 0 unspecified atom stereocenters. The zero-order valence-corrected chi connectivity index (χ0v) is 17.7. The second kappa shape index (κ2) is 9.01. The van der Waals surface area contributed by atoms with Gasteiger partial charge in [-0.3, -0.25) is 9.78 Å². The highest BCUT2D eigenvalue weighted by atomic mass is 35.5. The van der Waals surface area contributed by atoms with Crippen molar-refractivity contribution in [2.45, 2.75) is 46.7 Å². The van der Waals surface area contributed by atoms with Gasteiger partial charge in [-0.2, -0.15) is 0 Å². The van der Waals surface area contributed by atoms with Crippen LogP contribution in [-0.4, -0.2) is 39.0 Å². The summed E-state index contributed by atoms with van der Waals surface area (Å²) < 4.78 is 15.0. The fourth-order valence-electron chi connectivity index (χ4n) is 3.50. The van der Waals surface area contributed by atoms with Crippen molar-refractivity contribution in [2.75, 3.05) is 17.3 Å². The summed E-state index contributed by atoms with van der Waals surface area (Å²) >= 11 is 5.84. The molecule has 3 heterocycles. The molecule has 0 spiro atoms. The number of aryl methyl sites for hydroxylation is 3. The van der Waals surface area contributed by atoms with Crippen molar-refractivity contribution in [1.82, 2.24) is 20.0 Å². The Morgan fingerprint density at radius 2 is 1.97 bits per heavy atom. The van der Waals surface area contributed by atoms with Crippen molar-refractivity contribution in [2.24, 2.45) is 0 Å². The number of hydrogen-bond donors (Lipinski definition) is 1. The number of carbonyl (C=O) groups excluding carboxylic acids is 1. The first-order valence-corrected chi connectivity index (χ1v) is 10.1. The van der Waals surface area contributed by atoms with E-state index in [1.807, 2.05) is 38.1 Å². The fraction of sp³-hybridized carbons (Fsp3) is 0.364. The number of fused-ring (bicyclic) bond motifs is 1. The first kappa shape index (κ1) is 22.7. The third kappa shape index (κ3) is 4.69. The van der Waals surface area contributed by atoms with Gasteiger partial charge in [-0.15, -0.1) is 5.10 Å². The van der Waals surface area contributed by atoms with E-state index in [0.717, 1.165) is 34.0 Å². The van der Waals surface area contributed by atoms with Crippen molar-refractivity contribution in [3.05, 3.63) is 63.9 Å². The molecule has 1 aliphatic rings. The molecule has 7 nitrogen and oxygen atoms in total. The van der Waals surface area contributed by atoms with Crippen LogP contribution < -0.4 is 10.2 Å². The lowest BCUT2D eigenvalue weighted by Crippen LogP contribution is -2.44. The third-order valence-electron chi connectivity index (χ3n) is 5.37. The summed E-state index contributed by atoms with van der Waals surface area (Å²) in [4.78, 5) is 18.7. The van der Waals surface area contributed by atoms with Gasteiger partial charge in [0, 0.05) is 18.9 Å². The maximum absolute atomic E-state index is 13.3. The second-order valence-electron chi connectivity index (χ2n) is 7.53. The molecule has 164 valence electrons. The van der Waals surface area contributed by atoms with E-state index in [9.17, 15) is 9.18 Å². The number of nitrogens with zero attached hydrogens (tertiary/aromatic N) is 5. The lowest BCUT2D eigenvalue weighted by molar-refractivity contribution is -0.117. The smallest absolute Gasteiger partial charge is 0.246 e. The van der Waals surface area contributed by atoms with Gasteiger partial charge in [0.1, 0.15) is 11.9 Å². The highest BCUT2D eigenvalue weighted by Gasteiger charge is 2.28. The standard InChI is InChI=1S/C21H22ClFN6O.CH4/c1-12-20-19(28(3)13(2)21(30)25-20)9-15(24-12)5-6-16-11-29(27-26-16)10-14-4-7-18(23)17(22)8-14;/h4,7-9,11,13H,5-6,10H2,1-3H3,(H,25,30);1H4/t13-;/m0./s1. The van der Waals surface area contributed by atoms with Gasteiger partial charge in [-0.05, 0) is 50.5 Å². The molecule has 0 saturated carbocycles. The van der Waals surface area contributed by atoms with Crippen molar-refractivity contribution in [1.29, 1.82) is 0 Å². The summed E-state index contributed by atoms with van der Waals surface area (Å²) in [6, 6.07) is 6.41. The van der Waals surface area contributed by atoms with Crippen LogP contribution in [0.3, 0.4) is 0 Å². The molecule has 1 amide bonds. The predicted octanol–water partition coefficient (Wildman–Crippen LogP) is 4.02. The number of anilines is 2. The Balaban J connectivity index is 0.00000272. The van der Waals surface area contributed by atoms with Gasteiger partial charge in [-0.25, -0.2) is 9.07 Å². The molecule has 0 aliphatic carbocycles. The molecule has 2 aromatic heterocycles. The average Bonchev–Trinajstić information content (AvgIpc) is 3.16. The maximum Gasteiger partial charge on any atom is 0.246 e. The number of nitrogens with one attached hydrogen (secondary N) is 1. The molecule has 0 fully saturated rings. The Bertz CT molecular complexity index is 1120. The molecule has 0 saturated heterocycles.